The summed E-state index contributed by atoms with van der Waals surface area (Å²) in [6, 6.07) is 3.92. The van der Waals surface area contributed by atoms with E-state index in [1.54, 1.807) is 7.11 Å². The van der Waals surface area contributed by atoms with Gasteiger partial charge in [-0.3, -0.25) is 4.68 Å². The molecule has 0 aliphatic heterocycles. The summed E-state index contributed by atoms with van der Waals surface area (Å²) in [5.74, 6) is 0.834. The lowest BCUT2D eigenvalue weighted by molar-refractivity contribution is 0.413. The third-order valence-electron chi connectivity index (χ3n) is 2.05. The number of aromatic nitrogens is 2. The van der Waals surface area contributed by atoms with E-state index in [2.05, 4.69) is 21.0 Å². The summed E-state index contributed by atoms with van der Waals surface area (Å²) >= 11 is 3.48. The summed E-state index contributed by atoms with van der Waals surface area (Å²) in [5.41, 5.74) is 1.09. The molecule has 68 valence electrons. The Morgan fingerprint density at radius 2 is 2.23 bits per heavy atom. The lowest BCUT2D eigenvalue weighted by Gasteiger charge is -2.03. The van der Waals surface area contributed by atoms with Crippen LogP contribution in [0.15, 0.2) is 22.8 Å². The maximum atomic E-state index is 5.18. The number of benzene rings is 1. The monoisotopic (exact) mass is 240 g/mol. The lowest BCUT2D eigenvalue weighted by Crippen LogP contribution is -1.89. The zero-order valence-corrected chi connectivity index (χ0v) is 9.00. The SMILES string of the molecule is COc1ccc2c(cnn2C)c1Br. The Bertz CT molecular complexity index is 450. The maximum Gasteiger partial charge on any atom is 0.133 e. The number of nitrogens with zero attached hydrogens (tertiary/aromatic N) is 2. The summed E-state index contributed by atoms with van der Waals surface area (Å²) < 4.78 is 7.97. The van der Waals surface area contributed by atoms with Crippen molar-refractivity contribution >= 4 is 26.8 Å². The first-order valence-electron chi connectivity index (χ1n) is 3.88. The molecule has 2 rings (SSSR count). The standard InChI is InChI=1S/C9H9BrN2O/c1-12-7-3-4-8(13-2)9(10)6(7)5-11-12/h3-5H,1-2H3. The molecular weight excluding hydrogens is 232 g/mol. The normalized spacial score (nSPS) is 10.7. The van der Waals surface area contributed by atoms with Crippen LogP contribution in [0.2, 0.25) is 0 Å². The quantitative estimate of drug-likeness (QED) is 0.766. The van der Waals surface area contributed by atoms with E-state index in [4.69, 9.17) is 4.74 Å². The number of hydrogen-bond donors (Lipinski definition) is 0. The second-order valence-corrected chi connectivity index (χ2v) is 3.58. The fourth-order valence-electron chi connectivity index (χ4n) is 1.33. The summed E-state index contributed by atoms with van der Waals surface area (Å²) in [4.78, 5) is 0. The van der Waals surface area contributed by atoms with Gasteiger partial charge in [0.2, 0.25) is 0 Å². The van der Waals surface area contributed by atoms with Gasteiger partial charge in [-0.25, -0.2) is 0 Å². The van der Waals surface area contributed by atoms with Gasteiger partial charge in [-0.15, -0.1) is 0 Å². The van der Waals surface area contributed by atoms with Gasteiger partial charge in [0.05, 0.1) is 23.3 Å². The summed E-state index contributed by atoms with van der Waals surface area (Å²) in [7, 11) is 3.57. The molecule has 0 amide bonds. The molecule has 0 fully saturated rings. The molecule has 0 spiro atoms. The molecule has 0 radical (unpaired) electrons. The molecule has 0 bridgehead atoms. The van der Waals surface area contributed by atoms with E-state index in [0.717, 1.165) is 21.1 Å². The first-order valence-corrected chi connectivity index (χ1v) is 4.67. The van der Waals surface area contributed by atoms with Crippen LogP contribution in [0, 0.1) is 0 Å². The zero-order valence-electron chi connectivity index (χ0n) is 7.41. The van der Waals surface area contributed by atoms with Crippen molar-refractivity contribution in [3.05, 3.63) is 22.8 Å². The topological polar surface area (TPSA) is 27.1 Å². The maximum absolute atomic E-state index is 5.18. The number of rotatable bonds is 1. The molecule has 1 heterocycles. The fourth-order valence-corrected chi connectivity index (χ4v) is 1.93. The van der Waals surface area contributed by atoms with Gasteiger partial charge in [-0.1, -0.05) is 0 Å². The highest BCUT2D eigenvalue weighted by molar-refractivity contribution is 9.10. The predicted molar refractivity (Wildman–Crippen MR) is 55.0 cm³/mol. The second kappa shape index (κ2) is 3.03. The summed E-state index contributed by atoms with van der Waals surface area (Å²) in [5, 5.41) is 5.23. The van der Waals surface area contributed by atoms with E-state index < -0.39 is 0 Å². The average molecular weight is 241 g/mol. The van der Waals surface area contributed by atoms with Crippen LogP contribution in [-0.4, -0.2) is 16.9 Å². The molecule has 2 aromatic rings. The largest absolute Gasteiger partial charge is 0.496 e. The van der Waals surface area contributed by atoms with Gasteiger partial charge in [-0.05, 0) is 28.1 Å². The second-order valence-electron chi connectivity index (χ2n) is 2.78. The zero-order chi connectivity index (χ0) is 9.42. The van der Waals surface area contributed by atoms with Crippen molar-refractivity contribution in [1.82, 2.24) is 9.78 Å². The molecule has 0 unspecified atom stereocenters. The van der Waals surface area contributed by atoms with Gasteiger partial charge < -0.3 is 4.74 Å². The van der Waals surface area contributed by atoms with Gasteiger partial charge >= 0.3 is 0 Å². The predicted octanol–water partition coefficient (Wildman–Crippen LogP) is 2.34. The van der Waals surface area contributed by atoms with Crippen molar-refractivity contribution in [2.24, 2.45) is 7.05 Å². The lowest BCUT2D eigenvalue weighted by atomic mass is 10.2. The molecule has 13 heavy (non-hydrogen) atoms. The van der Waals surface area contributed by atoms with Crippen LogP contribution in [0.3, 0.4) is 0 Å². The number of methoxy groups -OCH3 is 1. The van der Waals surface area contributed by atoms with Crippen molar-refractivity contribution < 1.29 is 4.74 Å². The van der Waals surface area contributed by atoms with Crippen LogP contribution in [-0.2, 0) is 7.05 Å². The Balaban J connectivity index is 2.80. The first kappa shape index (κ1) is 8.56. The molecule has 1 aromatic carbocycles. The molecule has 0 aliphatic rings. The summed E-state index contributed by atoms with van der Waals surface area (Å²) in [6.07, 6.45) is 1.82. The Morgan fingerprint density at radius 1 is 1.46 bits per heavy atom. The molecule has 0 aliphatic carbocycles. The minimum atomic E-state index is 0.834. The highest BCUT2D eigenvalue weighted by atomic mass is 79.9. The Hall–Kier alpha value is -1.03. The average Bonchev–Trinajstić information content (AvgIpc) is 2.50. The molecule has 0 saturated heterocycles. The van der Waals surface area contributed by atoms with Crippen LogP contribution in [0.25, 0.3) is 10.9 Å². The number of ether oxygens (including phenoxy) is 1. The van der Waals surface area contributed by atoms with Crippen LogP contribution in [0.4, 0.5) is 0 Å². The van der Waals surface area contributed by atoms with Crippen LogP contribution in [0.5, 0.6) is 5.75 Å². The van der Waals surface area contributed by atoms with Crippen molar-refractivity contribution in [2.75, 3.05) is 7.11 Å². The van der Waals surface area contributed by atoms with Gasteiger partial charge in [0.25, 0.3) is 0 Å². The van der Waals surface area contributed by atoms with Crippen molar-refractivity contribution in [2.45, 2.75) is 0 Å². The van der Waals surface area contributed by atoms with Crippen molar-refractivity contribution in [1.29, 1.82) is 0 Å². The highest BCUT2D eigenvalue weighted by Crippen LogP contribution is 2.32. The third kappa shape index (κ3) is 1.21. The van der Waals surface area contributed by atoms with Crippen LogP contribution < -0.4 is 4.74 Å². The fraction of sp³-hybridized carbons (Fsp3) is 0.222. The Kier molecular flexibility index (Phi) is 2.00. The molecular formula is C9H9BrN2O. The Morgan fingerprint density at radius 3 is 2.92 bits per heavy atom. The number of fused-ring (bicyclic) bond motifs is 1. The first-order chi connectivity index (χ1) is 6.24. The van der Waals surface area contributed by atoms with Gasteiger partial charge in [0.1, 0.15) is 5.75 Å². The molecule has 3 nitrogen and oxygen atoms in total. The third-order valence-corrected chi connectivity index (χ3v) is 2.87. The number of aryl methyl sites for hydroxylation is 1. The van der Waals surface area contributed by atoms with E-state index in [0.29, 0.717) is 0 Å². The minimum Gasteiger partial charge on any atom is -0.496 e. The smallest absolute Gasteiger partial charge is 0.133 e. The van der Waals surface area contributed by atoms with E-state index in [-0.39, 0.29) is 0 Å². The number of hydrogen-bond acceptors (Lipinski definition) is 2. The molecule has 0 saturated carbocycles. The summed E-state index contributed by atoms with van der Waals surface area (Å²) in [6.45, 7) is 0. The Labute approximate surface area is 84.4 Å². The van der Waals surface area contributed by atoms with Crippen molar-refractivity contribution in [3.8, 4) is 5.75 Å². The number of halogens is 1. The molecule has 4 heteroatoms. The molecule has 0 N–H and O–H groups in total. The molecule has 1 aromatic heterocycles. The van der Waals surface area contributed by atoms with E-state index in [9.17, 15) is 0 Å². The molecule has 0 atom stereocenters. The highest BCUT2D eigenvalue weighted by Gasteiger charge is 2.07. The minimum absolute atomic E-state index is 0.834. The van der Waals surface area contributed by atoms with E-state index in [1.807, 2.05) is 30.1 Å². The van der Waals surface area contributed by atoms with Gasteiger partial charge in [0.15, 0.2) is 0 Å². The van der Waals surface area contributed by atoms with E-state index in [1.165, 1.54) is 0 Å². The van der Waals surface area contributed by atoms with Crippen LogP contribution in [0.1, 0.15) is 0 Å². The van der Waals surface area contributed by atoms with E-state index >= 15 is 0 Å². The van der Waals surface area contributed by atoms with Crippen LogP contribution >= 0.6 is 15.9 Å². The van der Waals surface area contributed by atoms with Gasteiger partial charge in [-0.2, -0.15) is 5.10 Å². The van der Waals surface area contributed by atoms with Gasteiger partial charge in [0, 0.05) is 12.4 Å². The van der Waals surface area contributed by atoms with Crippen molar-refractivity contribution in [3.63, 3.8) is 0 Å².